The van der Waals surface area contributed by atoms with Crippen LogP contribution in [0, 0.1) is 13.8 Å². The van der Waals surface area contributed by atoms with Crippen LogP contribution in [0.3, 0.4) is 0 Å². The van der Waals surface area contributed by atoms with Gasteiger partial charge in [0.15, 0.2) is 5.76 Å². The van der Waals surface area contributed by atoms with Gasteiger partial charge in [0.25, 0.3) is 0 Å². The van der Waals surface area contributed by atoms with Crippen molar-refractivity contribution in [1.29, 1.82) is 0 Å². The largest absolute Gasteiger partial charge is 0.360 e. The molecule has 126 valence electrons. The summed E-state index contributed by atoms with van der Waals surface area (Å²) >= 11 is 0. The first-order valence-electron chi connectivity index (χ1n) is 7.55. The van der Waals surface area contributed by atoms with E-state index in [0.29, 0.717) is 31.1 Å². The highest BCUT2D eigenvalue weighted by molar-refractivity contribution is 7.89. The molecule has 8 heteroatoms. The van der Waals surface area contributed by atoms with Crippen LogP contribution in [-0.2, 0) is 10.0 Å². The molecule has 0 atom stereocenters. The number of nitrogens with two attached hydrogens (primary N) is 1. The first-order valence-corrected chi connectivity index (χ1v) is 8.99. The number of hydrogen-bond donors (Lipinski definition) is 1. The van der Waals surface area contributed by atoms with Crippen molar-refractivity contribution in [3.63, 3.8) is 0 Å². The molecule has 2 N–H and O–H groups in total. The van der Waals surface area contributed by atoms with E-state index in [-0.39, 0.29) is 10.4 Å². The van der Waals surface area contributed by atoms with E-state index < -0.39 is 10.0 Å². The van der Waals surface area contributed by atoms with Gasteiger partial charge in [-0.2, -0.15) is 4.31 Å². The summed E-state index contributed by atoms with van der Waals surface area (Å²) in [5.74, 6) is 0.349. The van der Waals surface area contributed by atoms with Gasteiger partial charge in [0.2, 0.25) is 10.0 Å². The van der Waals surface area contributed by atoms with Crippen LogP contribution in [-0.4, -0.2) is 61.0 Å². The number of aryl methyl sites for hydroxylation is 2. The smallest absolute Gasteiger partial charge is 0.248 e. The predicted octanol–water partition coefficient (Wildman–Crippen LogP) is 0.725. The summed E-state index contributed by atoms with van der Waals surface area (Å²) in [7, 11) is -3.55. The van der Waals surface area contributed by atoms with Gasteiger partial charge in [-0.25, -0.2) is 8.42 Å². The van der Waals surface area contributed by atoms with Gasteiger partial charge in [-0.1, -0.05) is 5.16 Å². The maximum atomic E-state index is 12.8. The molecule has 1 aromatic heterocycles. The first kappa shape index (κ1) is 17.4. The van der Waals surface area contributed by atoms with Gasteiger partial charge in [0, 0.05) is 31.7 Å². The highest BCUT2D eigenvalue weighted by Crippen LogP contribution is 2.24. The lowest BCUT2D eigenvalue weighted by molar-refractivity contribution is 0.235. The van der Waals surface area contributed by atoms with E-state index in [4.69, 9.17) is 10.3 Å². The second-order valence-corrected chi connectivity index (χ2v) is 8.55. The van der Waals surface area contributed by atoms with E-state index >= 15 is 0 Å². The van der Waals surface area contributed by atoms with Crippen LogP contribution < -0.4 is 5.73 Å². The van der Waals surface area contributed by atoms with Crippen LogP contribution in [0.5, 0.6) is 0 Å². The average molecular weight is 330 g/mol. The van der Waals surface area contributed by atoms with Crippen molar-refractivity contribution in [2.45, 2.75) is 44.6 Å². The fourth-order valence-electron chi connectivity index (χ4n) is 2.89. The third-order valence-electron chi connectivity index (χ3n) is 3.74. The number of sulfonamides is 1. The zero-order chi connectivity index (χ0) is 16.5. The molecule has 1 aliphatic heterocycles. The molecule has 0 amide bonds. The second-order valence-electron chi connectivity index (χ2n) is 6.68. The lowest BCUT2D eigenvalue weighted by Crippen LogP contribution is -2.46. The number of nitrogens with zero attached hydrogens (tertiary/aromatic N) is 3. The molecule has 7 nitrogen and oxygen atoms in total. The Bertz CT molecular complexity index is 599. The standard InChI is InChI=1S/C14H26N4O3S/c1-11-13(12(2)21-16-11)22(19,20)18-7-5-6-17(8-9-18)10-14(3,4)15/h5-10,15H2,1-4H3. The number of hydrogen-bond acceptors (Lipinski definition) is 6. The Kier molecular flexibility index (Phi) is 4.96. The third-order valence-corrected chi connectivity index (χ3v) is 5.89. The minimum atomic E-state index is -3.55. The molecule has 1 aromatic rings. The lowest BCUT2D eigenvalue weighted by atomic mass is 10.1. The van der Waals surface area contributed by atoms with Crippen LogP contribution in [0.4, 0.5) is 0 Å². The van der Waals surface area contributed by atoms with Crippen LogP contribution in [0.2, 0.25) is 0 Å². The maximum Gasteiger partial charge on any atom is 0.248 e. The van der Waals surface area contributed by atoms with E-state index in [1.165, 1.54) is 4.31 Å². The van der Waals surface area contributed by atoms with Crippen molar-refractivity contribution >= 4 is 10.0 Å². The molecule has 0 saturated carbocycles. The summed E-state index contributed by atoms with van der Waals surface area (Å²) in [4.78, 5) is 2.43. The minimum Gasteiger partial charge on any atom is -0.360 e. The van der Waals surface area contributed by atoms with Crippen molar-refractivity contribution in [2.24, 2.45) is 5.73 Å². The Hall–Kier alpha value is -0.960. The second kappa shape index (κ2) is 6.27. The number of aromatic nitrogens is 1. The molecule has 1 saturated heterocycles. The summed E-state index contributed by atoms with van der Waals surface area (Å²) < 4.78 is 32.2. The molecular weight excluding hydrogens is 304 g/mol. The summed E-state index contributed by atoms with van der Waals surface area (Å²) in [5.41, 5.74) is 6.20. The summed E-state index contributed by atoms with van der Waals surface area (Å²) in [6.07, 6.45) is 0.790. The van der Waals surface area contributed by atoms with Gasteiger partial charge in [-0.3, -0.25) is 0 Å². The predicted molar refractivity (Wildman–Crippen MR) is 84.1 cm³/mol. The fourth-order valence-corrected chi connectivity index (χ4v) is 4.65. The molecule has 0 bridgehead atoms. The highest BCUT2D eigenvalue weighted by Gasteiger charge is 2.32. The molecule has 0 aromatic carbocycles. The number of rotatable bonds is 4. The van der Waals surface area contributed by atoms with Crippen molar-refractivity contribution in [3.05, 3.63) is 11.5 Å². The van der Waals surface area contributed by atoms with Crippen LogP contribution >= 0.6 is 0 Å². The quantitative estimate of drug-likeness (QED) is 0.875. The normalized spacial score (nSPS) is 19.3. The molecular formula is C14H26N4O3S. The third kappa shape index (κ3) is 3.87. The fraction of sp³-hybridized carbons (Fsp3) is 0.786. The van der Waals surface area contributed by atoms with Crippen molar-refractivity contribution < 1.29 is 12.9 Å². The van der Waals surface area contributed by atoms with Crippen molar-refractivity contribution in [3.8, 4) is 0 Å². The Labute approximate surface area is 132 Å². The molecule has 0 spiro atoms. The van der Waals surface area contributed by atoms with Crippen LogP contribution in [0.1, 0.15) is 31.7 Å². The zero-order valence-corrected chi connectivity index (χ0v) is 14.6. The van der Waals surface area contributed by atoms with Gasteiger partial charge in [0.05, 0.1) is 0 Å². The summed E-state index contributed by atoms with van der Waals surface area (Å²) in [6.45, 7) is 10.5. The molecule has 1 fully saturated rings. The topological polar surface area (TPSA) is 92.7 Å². The molecule has 0 radical (unpaired) electrons. The molecule has 0 unspecified atom stereocenters. The van der Waals surface area contributed by atoms with E-state index in [9.17, 15) is 8.42 Å². The molecule has 2 rings (SSSR count). The molecule has 2 heterocycles. The Balaban J connectivity index is 2.14. The van der Waals surface area contributed by atoms with Crippen LogP contribution in [0.25, 0.3) is 0 Å². The summed E-state index contributed by atoms with van der Waals surface area (Å²) in [5, 5.41) is 3.76. The van der Waals surface area contributed by atoms with Gasteiger partial charge in [0.1, 0.15) is 10.6 Å². The Morgan fingerprint density at radius 2 is 1.91 bits per heavy atom. The van der Waals surface area contributed by atoms with Gasteiger partial charge in [-0.15, -0.1) is 0 Å². The monoisotopic (exact) mass is 330 g/mol. The molecule has 22 heavy (non-hydrogen) atoms. The van der Waals surface area contributed by atoms with E-state index in [2.05, 4.69) is 10.1 Å². The Morgan fingerprint density at radius 1 is 1.23 bits per heavy atom. The molecule has 0 aliphatic carbocycles. The van der Waals surface area contributed by atoms with Crippen molar-refractivity contribution in [1.82, 2.24) is 14.4 Å². The molecule has 1 aliphatic rings. The van der Waals surface area contributed by atoms with E-state index in [1.54, 1.807) is 13.8 Å². The summed E-state index contributed by atoms with van der Waals surface area (Å²) in [6, 6.07) is 0. The highest BCUT2D eigenvalue weighted by atomic mass is 32.2. The van der Waals surface area contributed by atoms with Crippen molar-refractivity contribution in [2.75, 3.05) is 32.7 Å². The van der Waals surface area contributed by atoms with E-state index in [0.717, 1.165) is 19.5 Å². The van der Waals surface area contributed by atoms with Gasteiger partial charge >= 0.3 is 0 Å². The zero-order valence-electron chi connectivity index (χ0n) is 13.8. The maximum absolute atomic E-state index is 12.8. The average Bonchev–Trinajstić information content (AvgIpc) is 2.59. The first-order chi connectivity index (χ1) is 10.1. The van der Waals surface area contributed by atoms with Gasteiger partial charge in [-0.05, 0) is 40.7 Å². The van der Waals surface area contributed by atoms with Crippen LogP contribution in [0.15, 0.2) is 9.42 Å². The lowest BCUT2D eigenvalue weighted by Gasteiger charge is -2.28. The Morgan fingerprint density at radius 3 is 2.45 bits per heavy atom. The van der Waals surface area contributed by atoms with Gasteiger partial charge < -0.3 is 15.2 Å². The van der Waals surface area contributed by atoms with E-state index in [1.807, 2.05) is 13.8 Å². The SMILES string of the molecule is Cc1noc(C)c1S(=O)(=O)N1CCCN(CC(C)(C)N)CC1. The minimum absolute atomic E-state index is 0.208.